The molecule has 0 fully saturated rings. The maximum atomic E-state index is 12.9. The van der Waals surface area contributed by atoms with Crippen molar-refractivity contribution in [2.75, 3.05) is 18.9 Å². The van der Waals surface area contributed by atoms with Gasteiger partial charge < -0.3 is 14.8 Å². The number of alkyl carbamates (subject to hydrolysis) is 1. The monoisotopic (exact) mass is 686 g/mol. The Morgan fingerprint density at radius 3 is 1.82 bits per heavy atom. The topological polar surface area (TPSA) is 67.4 Å². The summed E-state index contributed by atoms with van der Waals surface area (Å²) in [6, 6.07) is 45.7. The van der Waals surface area contributed by atoms with Gasteiger partial charge in [0.2, 0.25) is 0 Å². The van der Waals surface area contributed by atoms with Crippen molar-refractivity contribution < 1.29 is 14.3 Å². The summed E-state index contributed by atoms with van der Waals surface area (Å²) in [7, 11) is 3.27. The molecule has 0 saturated heterocycles. The Balaban J connectivity index is 1.08. The molecule has 0 aliphatic heterocycles. The second-order valence-corrected chi connectivity index (χ2v) is 16.1. The highest BCUT2D eigenvalue weighted by Crippen LogP contribution is 2.45. The van der Waals surface area contributed by atoms with Gasteiger partial charge in [-0.25, -0.2) is 4.79 Å². The average molecular weight is 687 g/mol. The summed E-state index contributed by atoms with van der Waals surface area (Å²) >= 11 is 0. The van der Waals surface area contributed by atoms with E-state index in [4.69, 9.17) is 4.74 Å². The maximum Gasteiger partial charge on any atom is 0.407 e. The molecule has 7 heteroatoms. The molecule has 0 spiro atoms. The van der Waals surface area contributed by atoms with E-state index in [2.05, 4.69) is 128 Å². The van der Waals surface area contributed by atoms with Gasteiger partial charge in [-0.1, -0.05) is 161 Å². The molecule has 250 valence electrons. The van der Waals surface area contributed by atoms with Gasteiger partial charge in [-0.2, -0.15) is 0 Å². The fourth-order valence-electron chi connectivity index (χ4n) is 6.53. The predicted molar refractivity (Wildman–Crippen MR) is 204 cm³/mol. The molecule has 0 bridgehead atoms. The SMILES string of the molecule is Cc1ccc(C(NCC(C)(C)SSC[C@@H](C=O)NC(=O)OCC2c3ccccc3-c3ccccc32)(c2ccccc2)c2ccccc2)cc1. The van der Waals surface area contributed by atoms with Crippen molar-refractivity contribution >= 4 is 34.0 Å². The summed E-state index contributed by atoms with van der Waals surface area (Å²) < 4.78 is 5.47. The lowest BCUT2D eigenvalue weighted by atomic mass is 9.76. The molecule has 0 aromatic heterocycles. The first kappa shape index (κ1) is 34.6. The van der Waals surface area contributed by atoms with Crippen molar-refractivity contribution in [2.24, 2.45) is 0 Å². The third kappa shape index (κ3) is 7.80. The van der Waals surface area contributed by atoms with E-state index in [1.807, 2.05) is 36.4 Å². The van der Waals surface area contributed by atoms with Crippen molar-refractivity contribution in [3.63, 3.8) is 0 Å². The molecule has 6 rings (SSSR count). The number of nitrogens with one attached hydrogen (secondary N) is 2. The summed E-state index contributed by atoms with van der Waals surface area (Å²) in [6.07, 6.45) is 0.201. The summed E-state index contributed by atoms with van der Waals surface area (Å²) in [5.41, 5.74) is 8.77. The minimum absolute atomic E-state index is 0.0372. The van der Waals surface area contributed by atoms with E-state index < -0.39 is 17.7 Å². The van der Waals surface area contributed by atoms with E-state index in [1.54, 1.807) is 21.6 Å². The first-order valence-corrected chi connectivity index (χ1v) is 18.9. The lowest BCUT2D eigenvalue weighted by molar-refractivity contribution is -0.109. The smallest absolute Gasteiger partial charge is 0.407 e. The van der Waals surface area contributed by atoms with Crippen LogP contribution in [0.3, 0.4) is 0 Å². The molecular weight excluding hydrogens is 645 g/mol. The largest absolute Gasteiger partial charge is 0.449 e. The van der Waals surface area contributed by atoms with Crippen LogP contribution >= 0.6 is 21.6 Å². The molecule has 1 aliphatic rings. The van der Waals surface area contributed by atoms with Crippen LogP contribution in [-0.2, 0) is 15.1 Å². The van der Waals surface area contributed by atoms with Crippen LogP contribution in [0.1, 0.15) is 53.1 Å². The highest BCUT2D eigenvalue weighted by atomic mass is 33.1. The summed E-state index contributed by atoms with van der Waals surface area (Å²) in [4.78, 5) is 24.9. The Hall–Kier alpha value is -4.30. The number of fused-ring (bicyclic) bond motifs is 3. The highest BCUT2D eigenvalue weighted by molar-refractivity contribution is 8.77. The molecule has 1 aliphatic carbocycles. The third-order valence-electron chi connectivity index (χ3n) is 9.02. The van der Waals surface area contributed by atoms with Crippen LogP contribution in [-0.4, -0.2) is 42.1 Å². The number of aldehydes is 1. The Morgan fingerprint density at radius 1 is 0.755 bits per heavy atom. The predicted octanol–water partition coefficient (Wildman–Crippen LogP) is 9.14. The van der Waals surface area contributed by atoms with Crippen LogP contribution in [0.15, 0.2) is 133 Å². The Labute approximate surface area is 297 Å². The quantitative estimate of drug-likeness (QED) is 0.0690. The standard InChI is InChI=1S/C42H42N2O3S2/c1-30-22-24-33(25-23-30)42(31-14-6-4-7-15-31,32-16-8-5-9-17-32)43-29-41(2,3)49-48-28-34(26-45)44-40(46)47-27-39-37-20-12-10-18-35(37)36-19-11-13-21-38(36)39/h4-26,34,39,43H,27-29H2,1-3H3,(H,44,46)/t34-/m1/s1. The van der Waals surface area contributed by atoms with Gasteiger partial charge in [0.15, 0.2) is 0 Å². The summed E-state index contributed by atoms with van der Waals surface area (Å²) in [6.45, 7) is 7.38. The zero-order valence-electron chi connectivity index (χ0n) is 28.1. The molecule has 1 amide bonds. The second kappa shape index (κ2) is 15.5. The number of hydrogen-bond donors (Lipinski definition) is 2. The van der Waals surface area contributed by atoms with Crippen molar-refractivity contribution in [2.45, 2.75) is 43.0 Å². The van der Waals surface area contributed by atoms with Gasteiger partial charge in [0.05, 0.1) is 11.6 Å². The Bertz CT molecular complexity index is 1780. The normalized spacial score (nSPS) is 13.3. The fraction of sp³-hybridized carbons (Fsp3) is 0.238. The summed E-state index contributed by atoms with van der Waals surface area (Å²) in [5.74, 6) is 0.382. The van der Waals surface area contributed by atoms with Crippen LogP contribution in [0.2, 0.25) is 0 Å². The van der Waals surface area contributed by atoms with E-state index in [0.717, 1.165) is 34.1 Å². The first-order valence-electron chi connectivity index (χ1n) is 16.6. The minimum atomic E-state index is -0.669. The van der Waals surface area contributed by atoms with Gasteiger partial charge in [-0.3, -0.25) is 5.32 Å². The first-order chi connectivity index (χ1) is 23.8. The van der Waals surface area contributed by atoms with Crippen molar-refractivity contribution in [1.29, 1.82) is 0 Å². The van der Waals surface area contributed by atoms with Crippen LogP contribution < -0.4 is 10.6 Å². The molecule has 0 saturated carbocycles. The number of benzene rings is 5. The van der Waals surface area contributed by atoms with E-state index in [-0.39, 0.29) is 17.3 Å². The minimum Gasteiger partial charge on any atom is -0.449 e. The molecule has 0 heterocycles. The Morgan fingerprint density at radius 2 is 1.27 bits per heavy atom. The fourth-order valence-corrected chi connectivity index (χ4v) is 9.14. The van der Waals surface area contributed by atoms with Crippen LogP contribution in [0.25, 0.3) is 11.1 Å². The molecule has 2 N–H and O–H groups in total. The van der Waals surface area contributed by atoms with Crippen LogP contribution in [0.4, 0.5) is 4.79 Å². The van der Waals surface area contributed by atoms with Gasteiger partial charge in [0.1, 0.15) is 12.9 Å². The lowest BCUT2D eigenvalue weighted by Crippen LogP contribution is -2.49. The van der Waals surface area contributed by atoms with Gasteiger partial charge >= 0.3 is 6.09 Å². The molecule has 1 atom stereocenters. The van der Waals surface area contributed by atoms with Gasteiger partial charge in [0, 0.05) is 23.0 Å². The molecule has 0 unspecified atom stereocenters. The van der Waals surface area contributed by atoms with Gasteiger partial charge in [-0.05, 0) is 59.7 Å². The number of aryl methyl sites for hydroxylation is 1. The average Bonchev–Trinajstić information content (AvgIpc) is 3.45. The second-order valence-electron chi connectivity index (χ2n) is 13.0. The highest BCUT2D eigenvalue weighted by Gasteiger charge is 2.38. The molecule has 5 aromatic carbocycles. The van der Waals surface area contributed by atoms with E-state index in [9.17, 15) is 9.59 Å². The zero-order valence-corrected chi connectivity index (χ0v) is 29.7. The Kier molecular flexibility index (Phi) is 10.9. The third-order valence-corrected chi connectivity index (χ3v) is 12.3. The van der Waals surface area contributed by atoms with Crippen LogP contribution in [0.5, 0.6) is 0 Å². The van der Waals surface area contributed by atoms with E-state index >= 15 is 0 Å². The number of carbonyl (C=O) groups is 2. The molecule has 5 aromatic rings. The number of ether oxygens (including phenoxy) is 1. The van der Waals surface area contributed by atoms with Gasteiger partial charge in [0.25, 0.3) is 0 Å². The van der Waals surface area contributed by atoms with Gasteiger partial charge in [-0.15, -0.1) is 0 Å². The molecular formula is C42H42N2O3S2. The van der Waals surface area contributed by atoms with E-state index in [0.29, 0.717) is 12.3 Å². The molecule has 0 radical (unpaired) electrons. The lowest BCUT2D eigenvalue weighted by Gasteiger charge is -2.39. The number of carbonyl (C=O) groups excluding carboxylic acids is 2. The number of hydrogen-bond acceptors (Lipinski definition) is 6. The van der Waals surface area contributed by atoms with Crippen molar-refractivity contribution in [1.82, 2.24) is 10.6 Å². The van der Waals surface area contributed by atoms with Crippen LogP contribution in [0, 0.1) is 6.92 Å². The molecule has 5 nitrogen and oxygen atoms in total. The van der Waals surface area contributed by atoms with Crippen molar-refractivity contribution in [3.05, 3.63) is 167 Å². The summed E-state index contributed by atoms with van der Waals surface area (Å²) in [5, 5.41) is 6.76. The number of rotatable bonds is 14. The van der Waals surface area contributed by atoms with Crippen molar-refractivity contribution in [3.8, 4) is 11.1 Å². The molecule has 49 heavy (non-hydrogen) atoms. The zero-order chi connectivity index (χ0) is 34.3. The maximum absolute atomic E-state index is 12.9. The van der Waals surface area contributed by atoms with E-state index in [1.165, 1.54) is 16.7 Å². The number of amides is 1.